The Morgan fingerprint density at radius 1 is 1.08 bits per heavy atom. The highest BCUT2D eigenvalue weighted by atomic mass is 35.5. The van der Waals surface area contributed by atoms with Crippen LogP contribution in [0.3, 0.4) is 0 Å². The first-order valence-electron chi connectivity index (χ1n) is 7.05. The minimum Gasteiger partial charge on any atom is -0.289 e. The Kier molecular flexibility index (Phi) is 4.91. The topological polar surface area (TPSA) is 63.5 Å². The largest absolute Gasteiger partial charge is 0.408 e. The van der Waals surface area contributed by atoms with E-state index in [4.69, 9.17) is 23.2 Å². The molecule has 0 aliphatic carbocycles. The molecule has 0 radical (unpaired) electrons. The molecular weight excluding hydrogens is 414 g/mol. The number of benzene rings is 1. The van der Waals surface area contributed by atoms with Gasteiger partial charge in [0.05, 0.1) is 11.1 Å². The van der Waals surface area contributed by atoms with Crippen molar-refractivity contribution >= 4 is 38.9 Å². The van der Waals surface area contributed by atoms with Crippen LogP contribution in [0.5, 0.6) is 0 Å². The minimum absolute atomic E-state index is 0.127. The van der Waals surface area contributed by atoms with Crippen LogP contribution in [0.2, 0.25) is 10.2 Å². The van der Waals surface area contributed by atoms with Gasteiger partial charge >= 0.3 is 6.18 Å². The van der Waals surface area contributed by atoms with Gasteiger partial charge in [0.2, 0.25) is 10.0 Å². The number of hydrogen-bond donors (Lipinski definition) is 1. The highest BCUT2D eigenvalue weighted by Crippen LogP contribution is 2.34. The summed E-state index contributed by atoms with van der Waals surface area (Å²) < 4.78 is 68.2. The van der Waals surface area contributed by atoms with Crippen molar-refractivity contribution in [2.75, 3.05) is 0 Å². The Hall–Kier alpha value is -1.81. The maximum atomic E-state index is 13.4. The fourth-order valence-corrected chi connectivity index (χ4v) is 3.81. The zero-order valence-corrected chi connectivity index (χ0v) is 15.0. The molecule has 0 bridgehead atoms. The zero-order valence-electron chi connectivity index (χ0n) is 12.7. The van der Waals surface area contributed by atoms with Gasteiger partial charge in [0.15, 0.2) is 0 Å². The lowest BCUT2D eigenvalue weighted by Crippen LogP contribution is -2.38. The number of nitrogens with zero attached hydrogens (tertiary/aromatic N) is 2. The van der Waals surface area contributed by atoms with E-state index in [2.05, 4.69) is 4.98 Å². The normalized spacial score (nSPS) is 13.9. The van der Waals surface area contributed by atoms with Crippen molar-refractivity contribution in [2.24, 2.45) is 0 Å². The van der Waals surface area contributed by atoms with Gasteiger partial charge in [-0.2, -0.15) is 17.9 Å². The standard InChI is InChI=1S/C15H10Cl2F3N3O2S/c16-10-3-1-9(2-4-10)14(15(18,19)20)22-26(24,25)11-5-6-13-21-7-12(17)23(13)8-11/h1-8,14,22H. The molecule has 1 unspecified atom stereocenters. The summed E-state index contributed by atoms with van der Waals surface area (Å²) in [5, 5.41) is 0.361. The van der Waals surface area contributed by atoms with Crippen molar-refractivity contribution in [3.05, 3.63) is 64.5 Å². The molecule has 5 nitrogen and oxygen atoms in total. The molecular formula is C15H10Cl2F3N3O2S. The molecule has 0 spiro atoms. The molecule has 0 aliphatic heterocycles. The number of imidazole rings is 1. The quantitative estimate of drug-likeness (QED) is 0.682. The van der Waals surface area contributed by atoms with Crippen LogP contribution in [0.4, 0.5) is 13.2 Å². The number of hydrogen-bond acceptors (Lipinski definition) is 3. The third-order valence-electron chi connectivity index (χ3n) is 3.55. The summed E-state index contributed by atoms with van der Waals surface area (Å²) in [7, 11) is -4.50. The second kappa shape index (κ2) is 6.73. The van der Waals surface area contributed by atoms with Gasteiger partial charge < -0.3 is 0 Å². The Balaban J connectivity index is 2.00. The van der Waals surface area contributed by atoms with Crippen LogP contribution in [-0.4, -0.2) is 24.0 Å². The van der Waals surface area contributed by atoms with Gasteiger partial charge in [-0.15, -0.1) is 0 Å². The number of alkyl halides is 3. The van der Waals surface area contributed by atoms with Crippen molar-refractivity contribution in [1.82, 2.24) is 14.1 Å². The Bertz CT molecular complexity index is 1050. The highest BCUT2D eigenvalue weighted by molar-refractivity contribution is 7.89. The van der Waals surface area contributed by atoms with E-state index in [0.717, 1.165) is 24.4 Å². The third-order valence-corrected chi connectivity index (χ3v) is 5.49. The summed E-state index contributed by atoms with van der Waals surface area (Å²) in [6.45, 7) is 0. The van der Waals surface area contributed by atoms with Gasteiger partial charge in [0.25, 0.3) is 0 Å². The SMILES string of the molecule is O=S(=O)(NC(c1ccc(Cl)cc1)C(F)(F)F)c1ccc2ncc(Cl)n2c1. The molecule has 3 aromatic rings. The predicted octanol–water partition coefficient (Wildman–Crippen LogP) is 4.22. The monoisotopic (exact) mass is 423 g/mol. The summed E-state index contributed by atoms with van der Waals surface area (Å²) in [5.74, 6) is 0. The lowest BCUT2D eigenvalue weighted by atomic mass is 10.1. The van der Waals surface area contributed by atoms with Crippen molar-refractivity contribution in [2.45, 2.75) is 17.1 Å². The van der Waals surface area contributed by atoms with Gasteiger partial charge in [-0.25, -0.2) is 13.4 Å². The van der Waals surface area contributed by atoms with E-state index in [1.807, 2.05) is 0 Å². The van der Waals surface area contributed by atoms with Crippen LogP contribution in [-0.2, 0) is 10.0 Å². The van der Waals surface area contributed by atoms with Crippen molar-refractivity contribution in [3.63, 3.8) is 0 Å². The third kappa shape index (κ3) is 3.80. The smallest absolute Gasteiger partial charge is 0.289 e. The molecule has 0 aliphatic rings. The Labute approximate surface area is 156 Å². The van der Waals surface area contributed by atoms with E-state index in [-0.39, 0.29) is 20.6 Å². The first-order valence-corrected chi connectivity index (χ1v) is 9.29. The number of rotatable bonds is 4. The molecule has 11 heteroatoms. The molecule has 26 heavy (non-hydrogen) atoms. The fraction of sp³-hybridized carbons (Fsp3) is 0.133. The van der Waals surface area contributed by atoms with Gasteiger partial charge in [-0.05, 0) is 29.8 Å². The second-order valence-electron chi connectivity index (χ2n) is 5.32. The van der Waals surface area contributed by atoms with Gasteiger partial charge in [-0.1, -0.05) is 35.3 Å². The average molecular weight is 424 g/mol. The number of pyridine rings is 1. The molecule has 1 N–H and O–H groups in total. The maximum absolute atomic E-state index is 13.4. The number of fused-ring (bicyclic) bond motifs is 1. The van der Waals surface area contributed by atoms with Crippen molar-refractivity contribution in [3.8, 4) is 0 Å². The summed E-state index contributed by atoms with van der Waals surface area (Å²) in [4.78, 5) is 3.54. The lowest BCUT2D eigenvalue weighted by Gasteiger charge is -2.22. The van der Waals surface area contributed by atoms with Crippen LogP contribution in [0.15, 0.2) is 53.7 Å². The molecule has 1 aromatic carbocycles. The second-order valence-corrected chi connectivity index (χ2v) is 7.86. The number of aromatic nitrogens is 2. The molecule has 0 saturated heterocycles. The van der Waals surface area contributed by atoms with Crippen molar-refractivity contribution in [1.29, 1.82) is 0 Å². The van der Waals surface area contributed by atoms with E-state index in [0.29, 0.717) is 5.65 Å². The molecule has 138 valence electrons. The van der Waals surface area contributed by atoms with E-state index in [1.54, 1.807) is 4.72 Å². The molecule has 0 amide bonds. The van der Waals surface area contributed by atoms with Crippen LogP contribution >= 0.6 is 23.2 Å². The zero-order chi connectivity index (χ0) is 19.1. The molecule has 2 heterocycles. The van der Waals surface area contributed by atoms with E-state index >= 15 is 0 Å². The van der Waals surface area contributed by atoms with E-state index < -0.39 is 22.2 Å². The Morgan fingerprint density at radius 3 is 2.35 bits per heavy atom. The molecule has 1 atom stereocenters. The van der Waals surface area contributed by atoms with Crippen LogP contribution in [0.25, 0.3) is 5.65 Å². The average Bonchev–Trinajstić information content (AvgIpc) is 2.93. The number of halogens is 5. The van der Waals surface area contributed by atoms with E-state index in [9.17, 15) is 21.6 Å². The summed E-state index contributed by atoms with van der Waals surface area (Å²) in [6, 6.07) is 4.78. The molecule has 2 aromatic heterocycles. The van der Waals surface area contributed by atoms with Crippen molar-refractivity contribution < 1.29 is 21.6 Å². The van der Waals surface area contributed by atoms with Crippen LogP contribution in [0, 0.1) is 0 Å². The molecule has 0 saturated carbocycles. The van der Waals surface area contributed by atoms with Crippen LogP contribution in [0.1, 0.15) is 11.6 Å². The minimum atomic E-state index is -4.85. The predicted molar refractivity (Wildman–Crippen MR) is 90.8 cm³/mol. The summed E-state index contributed by atoms with van der Waals surface area (Å²) in [6.07, 6.45) is -2.45. The summed E-state index contributed by atoms with van der Waals surface area (Å²) >= 11 is 11.6. The first kappa shape index (κ1) is 19.0. The van der Waals surface area contributed by atoms with E-state index in [1.165, 1.54) is 28.8 Å². The van der Waals surface area contributed by atoms with Crippen LogP contribution < -0.4 is 4.72 Å². The lowest BCUT2D eigenvalue weighted by molar-refractivity contribution is -0.153. The van der Waals surface area contributed by atoms with Gasteiger partial charge in [0.1, 0.15) is 16.8 Å². The highest BCUT2D eigenvalue weighted by Gasteiger charge is 2.43. The fourth-order valence-electron chi connectivity index (χ4n) is 2.29. The van der Waals surface area contributed by atoms with Gasteiger partial charge in [-0.3, -0.25) is 4.40 Å². The number of nitrogens with one attached hydrogen (secondary N) is 1. The number of sulfonamides is 1. The molecule has 3 rings (SSSR count). The first-order chi connectivity index (χ1) is 12.1. The van der Waals surface area contributed by atoms with Gasteiger partial charge in [0, 0.05) is 11.2 Å². The Morgan fingerprint density at radius 2 is 1.73 bits per heavy atom. The molecule has 0 fully saturated rings. The summed E-state index contributed by atoms with van der Waals surface area (Å²) in [5.41, 5.74) is 0.0752. The maximum Gasteiger partial charge on any atom is 0.408 e.